The lowest BCUT2D eigenvalue weighted by atomic mass is 10.0. The van der Waals surface area contributed by atoms with Crippen molar-refractivity contribution in [2.75, 3.05) is 31.1 Å². The Balaban J connectivity index is 1.08. The zero-order valence-electron chi connectivity index (χ0n) is 22.2. The van der Waals surface area contributed by atoms with Gasteiger partial charge >= 0.3 is 0 Å². The van der Waals surface area contributed by atoms with Gasteiger partial charge in [-0.15, -0.1) is 0 Å². The normalized spacial score (nSPS) is 17.7. The number of ether oxygens (including phenoxy) is 1. The Labute approximate surface area is 228 Å². The van der Waals surface area contributed by atoms with Crippen molar-refractivity contribution in [1.82, 2.24) is 20.2 Å². The quantitative estimate of drug-likeness (QED) is 0.436. The first-order valence-corrected chi connectivity index (χ1v) is 13.6. The minimum Gasteiger partial charge on any atom is -0.489 e. The van der Waals surface area contributed by atoms with Crippen molar-refractivity contribution in [3.8, 4) is 5.75 Å². The predicted octanol–water partition coefficient (Wildman–Crippen LogP) is 5.03. The summed E-state index contributed by atoms with van der Waals surface area (Å²) >= 11 is 0. The van der Waals surface area contributed by atoms with Crippen LogP contribution in [0.4, 0.5) is 14.5 Å². The van der Waals surface area contributed by atoms with Crippen LogP contribution in [0.25, 0.3) is 0 Å². The summed E-state index contributed by atoms with van der Waals surface area (Å²) in [6, 6.07) is 12.5. The molecule has 1 aromatic carbocycles. The fourth-order valence-corrected chi connectivity index (χ4v) is 5.25. The molecule has 2 fully saturated rings. The molecule has 0 aliphatic carbocycles. The molecule has 0 saturated carbocycles. The number of carbonyl (C=O) groups is 1. The number of carbonyl (C=O) groups excluding carboxylic acids is 1. The van der Waals surface area contributed by atoms with Gasteiger partial charge in [0, 0.05) is 88.4 Å². The van der Waals surface area contributed by atoms with Crippen LogP contribution in [-0.4, -0.2) is 59.1 Å². The highest BCUT2D eigenvalue weighted by atomic mass is 19.3. The molecule has 1 amide bonds. The minimum absolute atomic E-state index is 0.00494. The molecule has 3 aromatic rings. The Morgan fingerprint density at radius 1 is 0.974 bits per heavy atom. The lowest BCUT2D eigenvalue weighted by Crippen LogP contribution is -2.44. The van der Waals surface area contributed by atoms with Crippen molar-refractivity contribution in [2.24, 2.45) is 0 Å². The number of likely N-dealkylation sites (tertiary alicyclic amines) is 1. The maximum Gasteiger partial charge on any atom is 0.270 e. The van der Waals surface area contributed by atoms with Gasteiger partial charge in [-0.25, -0.2) is 8.78 Å². The minimum atomic E-state index is -2.84. The van der Waals surface area contributed by atoms with Gasteiger partial charge in [-0.3, -0.25) is 19.7 Å². The molecule has 0 radical (unpaired) electrons. The van der Waals surface area contributed by atoms with E-state index in [-0.39, 0.29) is 23.6 Å². The Morgan fingerprint density at radius 3 is 2.33 bits per heavy atom. The average molecular weight is 536 g/mol. The van der Waals surface area contributed by atoms with E-state index in [0.717, 1.165) is 71.0 Å². The second-order valence-corrected chi connectivity index (χ2v) is 10.5. The molecular formula is C30H35F2N5O2. The number of piperidine rings is 2. The lowest BCUT2D eigenvalue weighted by molar-refractivity contribution is 0.0175. The fraction of sp³-hybridized carbons (Fsp3) is 0.433. The van der Waals surface area contributed by atoms with Gasteiger partial charge in [0.05, 0.1) is 11.8 Å². The number of nitrogens with zero attached hydrogens (tertiary/aromatic N) is 4. The molecule has 2 aromatic heterocycles. The highest BCUT2D eigenvalue weighted by Gasteiger charge is 2.26. The van der Waals surface area contributed by atoms with Crippen molar-refractivity contribution in [1.29, 1.82) is 0 Å². The smallest absolute Gasteiger partial charge is 0.270 e. The van der Waals surface area contributed by atoms with E-state index in [1.807, 2.05) is 24.5 Å². The maximum atomic E-state index is 13.5. The zero-order valence-corrected chi connectivity index (χ0v) is 22.2. The third-order valence-corrected chi connectivity index (χ3v) is 7.54. The molecule has 7 nitrogen and oxygen atoms in total. The molecule has 0 unspecified atom stereocenters. The van der Waals surface area contributed by atoms with Crippen LogP contribution < -0.4 is 15.0 Å². The lowest BCUT2D eigenvalue weighted by Gasteiger charge is -2.34. The standard InChI is InChI=1S/C30H35F2N5O2/c1-30(31,32)24-2-4-26(5-3-24)37-16-10-27(11-17-37)39-28-18-23(19-34-20-28)29(38)35-25-8-14-36(15-9-25)21-22-6-12-33-13-7-22/h2-7,12-13,18-20,25,27H,8-11,14-17,21H2,1H3,(H,35,38). The highest BCUT2D eigenvalue weighted by molar-refractivity contribution is 5.94. The number of nitrogens with one attached hydrogen (secondary N) is 1. The topological polar surface area (TPSA) is 70.6 Å². The van der Waals surface area contributed by atoms with Crippen molar-refractivity contribution >= 4 is 11.6 Å². The summed E-state index contributed by atoms with van der Waals surface area (Å²) in [6.45, 7) is 5.20. The van der Waals surface area contributed by atoms with E-state index < -0.39 is 5.92 Å². The molecule has 2 aliphatic heterocycles. The van der Waals surface area contributed by atoms with E-state index in [9.17, 15) is 13.6 Å². The first kappa shape index (κ1) is 27.0. The summed E-state index contributed by atoms with van der Waals surface area (Å²) in [5.74, 6) is -2.38. The monoisotopic (exact) mass is 535 g/mol. The summed E-state index contributed by atoms with van der Waals surface area (Å²) in [5.41, 5.74) is 2.70. The van der Waals surface area contributed by atoms with Crippen LogP contribution in [0.2, 0.25) is 0 Å². The van der Waals surface area contributed by atoms with Gasteiger partial charge in [0.1, 0.15) is 11.9 Å². The van der Waals surface area contributed by atoms with Crippen molar-refractivity contribution < 1.29 is 18.3 Å². The largest absolute Gasteiger partial charge is 0.489 e. The molecule has 5 rings (SSSR count). The summed E-state index contributed by atoms with van der Waals surface area (Å²) < 4.78 is 33.2. The Bertz CT molecular complexity index is 1220. The predicted molar refractivity (Wildman–Crippen MR) is 146 cm³/mol. The molecule has 0 spiro atoms. The zero-order chi connectivity index (χ0) is 27.2. The van der Waals surface area contributed by atoms with E-state index in [0.29, 0.717) is 11.3 Å². The molecule has 39 heavy (non-hydrogen) atoms. The van der Waals surface area contributed by atoms with Crippen LogP contribution in [0.5, 0.6) is 5.75 Å². The van der Waals surface area contributed by atoms with Crippen LogP contribution in [0.1, 0.15) is 54.1 Å². The van der Waals surface area contributed by atoms with E-state index >= 15 is 0 Å². The van der Waals surface area contributed by atoms with Crippen LogP contribution in [0.15, 0.2) is 67.3 Å². The van der Waals surface area contributed by atoms with Crippen LogP contribution >= 0.6 is 0 Å². The number of aromatic nitrogens is 2. The Kier molecular flexibility index (Phi) is 8.35. The highest BCUT2D eigenvalue weighted by Crippen LogP contribution is 2.30. The van der Waals surface area contributed by atoms with Crippen molar-refractivity contribution in [3.05, 3.63) is 83.9 Å². The molecule has 0 atom stereocenters. The van der Waals surface area contributed by atoms with E-state index in [2.05, 4.69) is 25.1 Å². The number of benzene rings is 1. The summed E-state index contributed by atoms with van der Waals surface area (Å²) in [7, 11) is 0. The Hall–Kier alpha value is -3.59. The first-order valence-electron chi connectivity index (χ1n) is 13.6. The third kappa shape index (κ3) is 7.29. The van der Waals surface area contributed by atoms with Crippen molar-refractivity contribution in [3.63, 3.8) is 0 Å². The SMILES string of the molecule is CC(F)(F)c1ccc(N2CCC(Oc3cncc(C(=O)NC4CCN(Cc5ccncc5)CC4)c3)CC2)cc1. The van der Waals surface area contributed by atoms with Gasteiger partial charge in [-0.1, -0.05) is 12.1 Å². The molecular weight excluding hydrogens is 500 g/mol. The second-order valence-electron chi connectivity index (χ2n) is 10.5. The number of rotatable bonds is 8. The van der Waals surface area contributed by atoms with E-state index in [4.69, 9.17) is 4.74 Å². The number of pyridine rings is 2. The van der Waals surface area contributed by atoms with Gasteiger partial charge < -0.3 is 15.0 Å². The number of anilines is 1. The molecule has 4 heterocycles. The van der Waals surface area contributed by atoms with E-state index in [1.54, 1.807) is 30.6 Å². The molecule has 0 bridgehead atoms. The van der Waals surface area contributed by atoms with Gasteiger partial charge in [0.15, 0.2) is 0 Å². The number of hydrogen-bond acceptors (Lipinski definition) is 6. The number of halogens is 2. The Morgan fingerprint density at radius 2 is 1.67 bits per heavy atom. The fourth-order valence-electron chi connectivity index (χ4n) is 5.25. The van der Waals surface area contributed by atoms with Gasteiger partial charge in [-0.05, 0) is 48.7 Å². The molecule has 206 valence electrons. The summed E-state index contributed by atoms with van der Waals surface area (Å²) in [6.07, 6.45) is 10.3. The van der Waals surface area contributed by atoms with Crippen LogP contribution in [-0.2, 0) is 12.5 Å². The second kappa shape index (κ2) is 12.1. The number of alkyl halides is 2. The van der Waals surface area contributed by atoms with Gasteiger partial charge in [0.2, 0.25) is 0 Å². The molecule has 9 heteroatoms. The van der Waals surface area contributed by atoms with Crippen molar-refractivity contribution in [2.45, 2.75) is 57.2 Å². The third-order valence-electron chi connectivity index (χ3n) is 7.54. The molecule has 1 N–H and O–H groups in total. The molecule has 2 saturated heterocycles. The van der Waals surface area contributed by atoms with Crippen LogP contribution in [0, 0.1) is 0 Å². The van der Waals surface area contributed by atoms with E-state index in [1.165, 1.54) is 17.7 Å². The van der Waals surface area contributed by atoms with Gasteiger partial charge in [0.25, 0.3) is 11.8 Å². The first-order chi connectivity index (χ1) is 18.8. The number of hydrogen-bond donors (Lipinski definition) is 1. The maximum absolute atomic E-state index is 13.5. The summed E-state index contributed by atoms with van der Waals surface area (Å²) in [5, 5.41) is 3.16. The molecule has 2 aliphatic rings. The van der Waals surface area contributed by atoms with Crippen LogP contribution in [0.3, 0.4) is 0 Å². The average Bonchev–Trinajstić information content (AvgIpc) is 2.95. The summed E-state index contributed by atoms with van der Waals surface area (Å²) in [4.78, 5) is 25.8. The number of amides is 1. The van der Waals surface area contributed by atoms with Gasteiger partial charge in [-0.2, -0.15) is 0 Å².